The van der Waals surface area contributed by atoms with Crippen LogP contribution in [-0.4, -0.2) is 41.6 Å². The van der Waals surface area contributed by atoms with Crippen molar-refractivity contribution in [2.45, 2.75) is 19.4 Å². The number of ketones is 1. The first-order valence-electron chi connectivity index (χ1n) is 7.51. The van der Waals surface area contributed by atoms with Crippen molar-refractivity contribution in [2.24, 2.45) is 0 Å². The second-order valence-electron chi connectivity index (χ2n) is 5.45. The van der Waals surface area contributed by atoms with Crippen LogP contribution in [0.15, 0.2) is 42.9 Å². The van der Waals surface area contributed by atoms with Gasteiger partial charge in [0.15, 0.2) is 5.78 Å². The largest absolute Gasteiger partial charge is 0.377 e. The predicted octanol–water partition coefficient (Wildman–Crippen LogP) is 2.32. The van der Waals surface area contributed by atoms with E-state index in [9.17, 15) is 4.79 Å². The lowest BCUT2D eigenvalue weighted by molar-refractivity contribution is 0.0820. The van der Waals surface area contributed by atoms with Crippen LogP contribution < -0.4 is 4.90 Å². The lowest BCUT2D eigenvalue weighted by Gasteiger charge is -2.23. The molecule has 2 aromatic heterocycles. The Balaban J connectivity index is 1.84. The van der Waals surface area contributed by atoms with E-state index in [2.05, 4.69) is 21.8 Å². The Labute approximate surface area is 130 Å². The van der Waals surface area contributed by atoms with Gasteiger partial charge in [0.05, 0.1) is 6.10 Å². The maximum atomic E-state index is 12.5. The van der Waals surface area contributed by atoms with E-state index in [1.54, 1.807) is 36.8 Å². The molecule has 0 aromatic carbocycles. The van der Waals surface area contributed by atoms with E-state index in [0.29, 0.717) is 11.1 Å². The Hall–Kier alpha value is -2.27. The summed E-state index contributed by atoms with van der Waals surface area (Å²) in [6, 6.07) is 7.14. The van der Waals surface area contributed by atoms with E-state index in [-0.39, 0.29) is 11.9 Å². The Bertz CT molecular complexity index is 645. The van der Waals surface area contributed by atoms with Gasteiger partial charge in [0.1, 0.15) is 5.82 Å². The Morgan fingerprint density at radius 3 is 3.05 bits per heavy atom. The molecule has 0 radical (unpaired) electrons. The minimum absolute atomic E-state index is 0.0316. The zero-order valence-electron chi connectivity index (χ0n) is 12.6. The lowest BCUT2D eigenvalue weighted by atomic mass is 10.1. The molecule has 0 bridgehead atoms. The van der Waals surface area contributed by atoms with Gasteiger partial charge in [-0.1, -0.05) is 0 Å². The molecule has 114 valence electrons. The van der Waals surface area contributed by atoms with Gasteiger partial charge in [-0.2, -0.15) is 0 Å². The number of ether oxygens (including phenoxy) is 1. The molecule has 0 unspecified atom stereocenters. The van der Waals surface area contributed by atoms with Crippen LogP contribution in [0.5, 0.6) is 0 Å². The van der Waals surface area contributed by atoms with Gasteiger partial charge in [-0.15, -0.1) is 0 Å². The summed E-state index contributed by atoms with van der Waals surface area (Å²) in [6.07, 6.45) is 6.07. The van der Waals surface area contributed by atoms with Crippen LogP contribution in [-0.2, 0) is 4.74 Å². The summed E-state index contributed by atoms with van der Waals surface area (Å²) in [7, 11) is 0. The van der Waals surface area contributed by atoms with E-state index < -0.39 is 0 Å². The second-order valence-corrected chi connectivity index (χ2v) is 5.45. The molecular weight excluding hydrogens is 278 g/mol. The third-order valence-corrected chi connectivity index (χ3v) is 3.71. The molecule has 1 aliphatic rings. The standard InChI is InChI=1S/C17H19N3O2/c1-13-12-20(8-3-9-22-13)16-10-14(5-7-19-16)17(21)15-4-2-6-18-11-15/h2,4-7,10-11,13H,3,8-9,12H2,1H3/t13-/m1/s1. The average molecular weight is 297 g/mol. The lowest BCUT2D eigenvalue weighted by Crippen LogP contribution is -2.30. The van der Waals surface area contributed by atoms with Crippen LogP contribution in [0, 0.1) is 0 Å². The number of aromatic nitrogens is 2. The molecule has 5 heteroatoms. The van der Waals surface area contributed by atoms with Crippen LogP contribution in [0.2, 0.25) is 0 Å². The molecule has 3 heterocycles. The third kappa shape index (κ3) is 3.31. The summed E-state index contributed by atoms with van der Waals surface area (Å²) < 4.78 is 5.66. The highest BCUT2D eigenvalue weighted by Crippen LogP contribution is 2.18. The number of pyridine rings is 2. The fraction of sp³-hybridized carbons (Fsp3) is 0.353. The summed E-state index contributed by atoms with van der Waals surface area (Å²) in [5.74, 6) is 0.794. The minimum Gasteiger partial charge on any atom is -0.377 e. The van der Waals surface area contributed by atoms with E-state index in [0.717, 1.165) is 31.9 Å². The second kappa shape index (κ2) is 6.66. The molecule has 0 saturated carbocycles. The number of rotatable bonds is 3. The first-order valence-corrected chi connectivity index (χ1v) is 7.51. The van der Waals surface area contributed by atoms with Crippen LogP contribution in [0.1, 0.15) is 29.3 Å². The van der Waals surface area contributed by atoms with Gasteiger partial charge >= 0.3 is 0 Å². The van der Waals surface area contributed by atoms with Crippen molar-refractivity contribution in [2.75, 3.05) is 24.6 Å². The van der Waals surface area contributed by atoms with Gasteiger partial charge in [-0.25, -0.2) is 4.98 Å². The smallest absolute Gasteiger partial charge is 0.194 e. The molecule has 2 aromatic rings. The first-order chi connectivity index (χ1) is 10.7. The van der Waals surface area contributed by atoms with Crippen LogP contribution >= 0.6 is 0 Å². The molecule has 1 saturated heterocycles. The van der Waals surface area contributed by atoms with Gasteiger partial charge in [-0.05, 0) is 37.6 Å². The molecule has 5 nitrogen and oxygen atoms in total. The molecule has 1 aliphatic heterocycles. The van der Waals surface area contributed by atoms with Crippen molar-refractivity contribution in [1.29, 1.82) is 0 Å². The van der Waals surface area contributed by atoms with E-state index in [1.165, 1.54) is 0 Å². The number of hydrogen-bond acceptors (Lipinski definition) is 5. The van der Waals surface area contributed by atoms with Crippen molar-refractivity contribution in [3.63, 3.8) is 0 Å². The van der Waals surface area contributed by atoms with Gasteiger partial charge < -0.3 is 9.64 Å². The minimum atomic E-state index is -0.0316. The van der Waals surface area contributed by atoms with Gasteiger partial charge in [0.25, 0.3) is 0 Å². The molecule has 1 atom stereocenters. The Morgan fingerprint density at radius 1 is 1.32 bits per heavy atom. The summed E-state index contributed by atoms with van der Waals surface area (Å²) in [5, 5.41) is 0. The van der Waals surface area contributed by atoms with Crippen LogP contribution in [0.25, 0.3) is 0 Å². The maximum Gasteiger partial charge on any atom is 0.194 e. The van der Waals surface area contributed by atoms with Crippen molar-refractivity contribution in [3.05, 3.63) is 54.0 Å². The highest BCUT2D eigenvalue weighted by molar-refractivity contribution is 6.09. The molecule has 0 spiro atoms. The van der Waals surface area contributed by atoms with Gasteiger partial charge in [0.2, 0.25) is 0 Å². The van der Waals surface area contributed by atoms with Gasteiger partial charge in [0, 0.05) is 49.4 Å². The Kier molecular flexibility index (Phi) is 4.44. The monoisotopic (exact) mass is 297 g/mol. The summed E-state index contributed by atoms with van der Waals surface area (Å²) in [5.41, 5.74) is 1.23. The first kappa shape index (κ1) is 14.7. The molecular formula is C17H19N3O2. The molecule has 3 rings (SSSR count). The Morgan fingerprint density at radius 2 is 2.23 bits per heavy atom. The van der Waals surface area contributed by atoms with Crippen molar-refractivity contribution in [1.82, 2.24) is 9.97 Å². The number of anilines is 1. The molecule has 0 aliphatic carbocycles. The van der Waals surface area contributed by atoms with Crippen molar-refractivity contribution in [3.8, 4) is 0 Å². The van der Waals surface area contributed by atoms with Gasteiger partial charge in [-0.3, -0.25) is 9.78 Å². The molecule has 0 N–H and O–H groups in total. The fourth-order valence-corrected chi connectivity index (χ4v) is 2.60. The normalized spacial score (nSPS) is 18.8. The van der Waals surface area contributed by atoms with E-state index >= 15 is 0 Å². The molecule has 22 heavy (non-hydrogen) atoms. The zero-order valence-corrected chi connectivity index (χ0v) is 12.6. The van der Waals surface area contributed by atoms with Crippen molar-refractivity contribution >= 4 is 11.6 Å². The fourth-order valence-electron chi connectivity index (χ4n) is 2.60. The number of nitrogens with zero attached hydrogens (tertiary/aromatic N) is 3. The highest BCUT2D eigenvalue weighted by atomic mass is 16.5. The SMILES string of the molecule is C[C@@H]1CN(c2cc(C(=O)c3cccnc3)ccn2)CCCO1. The maximum absolute atomic E-state index is 12.5. The van der Waals surface area contributed by atoms with Crippen LogP contribution in [0.4, 0.5) is 5.82 Å². The summed E-state index contributed by atoms with van der Waals surface area (Å²) in [6.45, 7) is 4.51. The predicted molar refractivity (Wildman–Crippen MR) is 84.2 cm³/mol. The quantitative estimate of drug-likeness (QED) is 0.814. The number of carbonyl (C=O) groups excluding carboxylic acids is 1. The zero-order chi connectivity index (χ0) is 15.4. The summed E-state index contributed by atoms with van der Waals surface area (Å²) >= 11 is 0. The van der Waals surface area contributed by atoms with E-state index in [4.69, 9.17) is 4.74 Å². The summed E-state index contributed by atoms with van der Waals surface area (Å²) in [4.78, 5) is 23.1. The molecule has 0 amide bonds. The third-order valence-electron chi connectivity index (χ3n) is 3.71. The number of hydrogen-bond donors (Lipinski definition) is 0. The van der Waals surface area contributed by atoms with Crippen molar-refractivity contribution < 1.29 is 9.53 Å². The molecule has 1 fully saturated rings. The topological polar surface area (TPSA) is 55.3 Å². The highest BCUT2D eigenvalue weighted by Gasteiger charge is 2.18. The van der Waals surface area contributed by atoms with Crippen LogP contribution in [0.3, 0.4) is 0 Å². The number of carbonyl (C=O) groups is 1. The average Bonchev–Trinajstić information content (AvgIpc) is 2.80. The van der Waals surface area contributed by atoms with E-state index in [1.807, 2.05) is 6.07 Å².